The Bertz CT molecular complexity index is 219. The first-order valence-corrected chi connectivity index (χ1v) is 5.66. The third-order valence-corrected chi connectivity index (χ3v) is 2.82. The second-order valence-corrected chi connectivity index (χ2v) is 4.65. The van der Waals surface area contributed by atoms with Gasteiger partial charge >= 0.3 is 5.97 Å². The molecule has 4 heteroatoms. The van der Waals surface area contributed by atoms with Gasteiger partial charge in [-0.3, -0.25) is 9.69 Å². The van der Waals surface area contributed by atoms with Gasteiger partial charge in [0.1, 0.15) is 0 Å². The van der Waals surface area contributed by atoms with Crippen molar-refractivity contribution in [2.24, 2.45) is 11.7 Å². The number of likely N-dealkylation sites (tertiary alicyclic amines) is 1. The van der Waals surface area contributed by atoms with Gasteiger partial charge in [0.05, 0.1) is 12.6 Å². The summed E-state index contributed by atoms with van der Waals surface area (Å²) in [6, 6.07) is 0.443. The first kappa shape index (κ1) is 12.5. The van der Waals surface area contributed by atoms with Crippen LogP contribution in [0.4, 0.5) is 0 Å². The average Bonchev–Trinajstić information content (AvgIpc) is 2.46. The van der Waals surface area contributed by atoms with E-state index in [1.807, 2.05) is 13.8 Å². The minimum Gasteiger partial charge on any atom is -0.462 e. The van der Waals surface area contributed by atoms with Crippen LogP contribution in [0, 0.1) is 5.92 Å². The molecular weight excluding hydrogens is 192 g/mol. The molecule has 0 aromatic rings. The molecule has 0 aliphatic carbocycles. The van der Waals surface area contributed by atoms with Crippen LogP contribution in [0.15, 0.2) is 0 Å². The summed E-state index contributed by atoms with van der Waals surface area (Å²) in [4.78, 5) is 13.6. The molecule has 15 heavy (non-hydrogen) atoms. The second-order valence-electron chi connectivity index (χ2n) is 4.65. The van der Waals surface area contributed by atoms with Gasteiger partial charge in [0.2, 0.25) is 0 Å². The SMILES string of the molecule is CC(C)OC(=O)CN1CC(CN)CC1C. The van der Waals surface area contributed by atoms with E-state index in [9.17, 15) is 4.79 Å². The average molecular weight is 214 g/mol. The highest BCUT2D eigenvalue weighted by Gasteiger charge is 2.29. The van der Waals surface area contributed by atoms with Crippen molar-refractivity contribution in [2.75, 3.05) is 19.6 Å². The van der Waals surface area contributed by atoms with E-state index in [-0.39, 0.29) is 12.1 Å². The molecule has 88 valence electrons. The van der Waals surface area contributed by atoms with E-state index in [0.717, 1.165) is 13.0 Å². The lowest BCUT2D eigenvalue weighted by molar-refractivity contribution is -0.148. The number of nitrogens with two attached hydrogens (primary N) is 1. The fourth-order valence-electron chi connectivity index (χ4n) is 2.07. The monoisotopic (exact) mass is 214 g/mol. The van der Waals surface area contributed by atoms with Crippen LogP contribution in [0.1, 0.15) is 27.2 Å². The van der Waals surface area contributed by atoms with Crippen LogP contribution in [0.5, 0.6) is 0 Å². The summed E-state index contributed by atoms with van der Waals surface area (Å²) in [6.45, 7) is 7.90. The number of carbonyl (C=O) groups excluding carboxylic acids is 1. The van der Waals surface area contributed by atoms with Crippen LogP contribution in [0.3, 0.4) is 0 Å². The van der Waals surface area contributed by atoms with Gasteiger partial charge in [-0.15, -0.1) is 0 Å². The summed E-state index contributed by atoms with van der Waals surface area (Å²) in [5.41, 5.74) is 5.63. The molecule has 2 unspecified atom stereocenters. The van der Waals surface area contributed by atoms with Crippen LogP contribution < -0.4 is 5.73 Å². The van der Waals surface area contributed by atoms with Crippen LogP contribution in [-0.4, -0.2) is 42.6 Å². The Morgan fingerprint density at radius 2 is 2.27 bits per heavy atom. The number of esters is 1. The normalized spacial score (nSPS) is 27.3. The summed E-state index contributed by atoms with van der Waals surface area (Å²) in [7, 11) is 0. The van der Waals surface area contributed by atoms with Gasteiger partial charge in [-0.25, -0.2) is 0 Å². The molecule has 1 heterocycles. The molecule has 0 amide bonds. The maximum absolute atomic E-state index is 11.5. The maximum atomic E-state index is 11.5. The van der Waals surface area contributed by atoms with Gasteiger partial charge < -0.3 is 10.5 Å². The van der Waals surface area contributed by atoms with Crippen molar-refractivity contribution in [1.29, 1.82) is 0 Å². The minimum absolute atomic E-state index is 0.0271. The largest absolute Gasteiger partial charge is 0.462 e. The van der Waals surface area contributed by atoms with Crippen LogP contribution >= 0.6 is 0 Å². The van der Waals surface area contributed by atoms with E-state index in [0.29, 0.717) is 25.0 Å². The van der Waals surface area contributed by atoms with Gasteiger partial charge in [-0.1, -0.05) is 0 Å². The fourth-order valence-corrected chi connectivity index (χ4v) is 2.07. The third kappa shape index (κ3) is 3.80. The number of ether oxygens (including phenoxy) is 1. The highest BCUT2D eigenvalue weighted by molar-refractivity contribution is 5.71. The molecule has 0 aromatic carbocycles. The number of hydrogen-bond acceptors (Lipinski definition) is 4. The van der Waals surface area contributed by atoms with E-state index in [1.54, 1.807) is 0 Å². The molecule has 1 saturated heterocycles. The van der Waals surface area contributed by atoms with Crippen LogP contribution in [0.25, 0.3) is 0 Å². The topological polar surface area (TPSA) is 55.6 Å². The third-order valence-electron chi connectivity index (χ3n) is 2.82. The van der Waals surface area contributed by atoms with Crippen molar-refractivity contribution in [1.82, 2.24) is 4.90 Å². The summed E-state index contributed by atoms with van der Waals surface area (Å²) in [6.07, 6.45) is 1.06. The summed E-state index contributed by atoms with van der Waals surface area (Å²) >= 11 is 0. The predicted octanol–water partition coefficient (Wildman–Crippen LogP) is 0.607. The Balaban J connectivity index is 2.35. The summed E-state index contributed by atoms with van der Waals surface area (Å²) in [5, 5.41) is 0. The minimum atomic E-state index is -0.130. The van der Waals surface area contributed by atoms with Crippen molar-refractivity contribution >= 4 is 5.97 Å². The molecule has 1 aliphatic heterocycles. The maximum Gasteiger partial charge on any atom is 0.320 e. The van der Waals surface area contributed by atoms with Crippen molar-refractivity contribution in [3.05, 3.63) is 0 Å². The predicted molar refractivity (Wildman–Crippen MR) is 59.4 cm³/mol. The molecule has 0 radical (unpaired) electrons. The molecule has 2 N–H and O–H groups in total. The van der Waals surface area contributed by atoms with Gasteiger partial charge in [-0.2, -0.15) is 0 Å². The van der Waals surface area contributed by atoms with E-state index < -0.39 is 0 Å². The first-order valence-electron chi connectivity index (χ1n) is 5.66. The second kappa shape index (κ2) is 5.47. The summed E-state index contributed by atoms with van der Waals surface area (Å²) < 4.78 is 5.12. The molecule has 0 spiro atoms. The Hall–Kier alpha value is -0.610. The lowest BCUT2D eigenvalue weighted by Crippen LogP contribution is -2.34. The molecule has 0 aromatic heterocycles. The van der Waals surface area contributed by atoms with Gasteiger partial charge in [0, 0.05) is 12.6 Å². The van der Waals surface area contributed by atoms with E-state index >= 15 is 0 Å². The first-order chi connectivity index (χ1) is 7.02. The molecule has 1 rings (SSSR count). The van der Waals surface area contributed by atoms with E-state index in [1.165, 1.54) is 0 Å². The van der Waals surface area contributed by atoms with Crippen molar-refractivity contribution < 1.29 is 9.53 Å². The highest BCUT2D eigenvalue weighted by Crippen LogP contribution is 2.21. The Labute approximate surface area is 91.8 Å². The summed E-state index contributed by atoms with van der Waals surface area (Å²) in [5.74, 6) is 0.404. The Kier molecular flexibility index (Phi) is 4.54. The number of hydrogen-bond donors (Lipinski definition) is 1. The van der Waals surface area contributed by atoms with Gasteiger partial charge in [-0.05, 0) is 39.7 Å². The van der Waals surface area contributed by atoms with Crippen LogP contribution in [-0.2, 0) is 9.53 Å². The van der Waals surface area contributed by atoms with E-state index in [2.05, 4.69) is 11.8 Å². The molecule has 4 nitrogen and oxygen atoms in total. The lowest BCUT2D eigenvalue weighted by atomic mass is 10.1. The molecule has 1 fully saturated rings. The molecule has 0 bridgehead atoms. The lowest BCUT2D eigenvalue weighted by Gasteiger charge is -2.20. The quantitative estimate of drug-likeness (QED) is 0.697. The van der Waals surface area contributed by atoms with Crippen molar-refractivity contribution in [3.63, 3.8) is 0 Å². The van der Waals surface area contributed by atoms with Crippen molar-refractivity contribution in [3.8, 4) is 0 Å². The molecule has 0 saturated carbocycles. The van der Waals surface area contributed by atoms with E-state index in [4.69, 9.17) is 10.5 Å². The molecule has 2 atom stereocenters. The highest BCUT2D eigenvalue weighted by atomic mass is 16.5. The number of carbonyl (C=O) groups is 1. The van der Waals surface area contributed by atoms with Crippen LogP contribution in [0.2, 0.25) is 0 Å². The number of nitrogens with zero attached hydrogens (tertiary/aromatic N) is 1. The van der Waals surface area contributed by atoms with Crippen molar-refractivity contribution in [2.45, 2.75) is 39.3 Å². The zero-order valence-corrected chi connectivity index (χ0v) is 9.90. The van der Waals surface area contributed by atoms with Gasteiger partial charge in [0.25, 0.3) is 0 Å². The fraction of sp³-hybridized carbons (Fsp3) is 0.909. The zero-order valence-electron chi connectivity index (χ0n) is 9.90. The standard InChI is InChI=1S/C11H22N2O2/c1-8(2)15-11(14)7-13-6-10(5-12)4-9(13)3/h8-10H,4-7,12H2,1-3H3. The smallest absolute Gasteiger partial charge is 0.320 e. The Morgan fingerprint density at radius 1 is 1.60 bits per heavy atom. The molecular formula is C11H22N2O2. The Morgan fingerprint density at radius 3 is 2.73 bits per heavy atom. The molecule has 1 aliphatic rings. The zero-order chi connectivity index (χ0) is 11.4. The number of rotatable bonds is 4. The van der Waals surface area contributed by atoms with Gasteiger partial charge in [0.15, 0.2) is 0 Å².